The van der Waals surface area contributed by atoms with Gasteiger partial charge in [0.2, 0.25) is 5.79 Å². The quantitative estimate of drug-likeness (QED) is 0.434. The monoisotopic (exact) mass is 391 g/mol. The summed E-state index contributed by atoms with van der Waals surface area (Å²) in [6.45, 7) is 2.14. The summed E-state index contributed by atoms with van der Waals surface area (Å²) in [7, 11) is 3.13. The molecule has 1 N–H and O–H groups in total. The van der Waals surface area contributed by atoms with E-state index in [0.717, 1.165) is 28.4 Å². The molecule has 1 aromatic carbocycles. The Bertz CT molecular complexity index is 439. The molecule has 0 radical (unpaired) electrons. The molecule has 112 valence electrons. The van der Waals surface area contributed by atoms with Crippen molar-refractivity contribution in [3.05, 3.63) is 33.4 Å². The van der Waals surface area contributed by atoms with Crippen molar-refractivity contribution in [2.24, 2.45) is 0 Å². The van der Waals surface area contributed by atoms with Gasteiger partial charge in [-0.25, -0.2) is 4.79 Å². The van der Waals surface area contributed by atoms with Crippen LogP contribution >= 0.6 is 22.6 Å². The van der Waals surface area contributed by atoms with Gasteiger partial charge in [0.1, 0.15) is 0 Å². The number of benzene rings is 1. The summed E-state index contributed by atoms with van der Waals surface area (Å²) in [5, 5.41) is 2.49. The molecule has 5 heteroatoms. The van der Waals surface area contributed by atoms with Gasteiger partial charge < -0.3 is 14.8 Å². The lowest BCUT2D eigenvalue weighted by atomic mass is 9.99. The van der Waals surface area contributed by atoms with Crippen LogP contribution in [0.15, 0.2) is 24.3 Å². The fourth-order valence-electron chi connectivity index (χ4n) is 2.07. The van der Waals surface area contributed by atoms with Crippen LogP contribution in [0.2, 0.25) is 0 Å². The van der Waals surface area contributed by atoms with Gasteiger partial charge in [-0.3, -0.25) is 0 Å². The second-order valence-electron chi connectivity index (χ2n) is 4.53. The Balaban J connectivity index is 3.09. The lowest BCUT2D eigenvalue weighted by molar-refractivity contribution is -0.199. The molecule has 0 aliphatic rings. The van der Waals surface area contributed by atoms with E-state index in [1.807, 2.05) is 24.3 Å². The van der Waals surface area contributed by atoms with Crippen molar-refractivity contribution in [1.82, 2.24) is 5.32 Å². The minimum Gasteiger partial charge on any atom is -0.412 e. The molecule has 1 rings (SSSR count). The molecular weight excluding hydrogens is 369 g/mol. The number of halogens is 1. The molecular formula is C15H22INO3. The average molecular weight is 391 g/mol. The highest BCUT2D eigenvalue weighted by molar-refractivity contribution is 14.1. The minimum absolute atomic E-state index is 0.483. The van der Waals surface area contributed by atoms with Gasteiger partial charge in [0.05, 0.1) is 0 Å². The zero-order valence-electron chi connectivity index (χ0n) is 12.2. The lowest BCUT2D eigenvalue weighted by Crippen LogP contribution is -2.38. The highest BCUT2D eigenvalue weighted by Gasteiger charge is 2.37. The summed E-state index contributed by atoms with van der Waals surface area (Å²) >= 11 is 2.24. The number of methoxy groups -OCH3 is 1. The molecule has 0 bridgehead atoms. The molecule has 0 fully saturated rings. The Morgan fingerprint density at radius 2 is 2.05 bits per heavy atom. The number of ether oxygens (including phenoxy) is 2. The van der Waals surface area contributed by atoms with Crippen LogP contribution in [0.4, 0.5) is 4.79 Å². The second-order valence-corrected chi connectivity index (χ2v) is 5.70. The fraction of sp³-hybridized carbons (Fsp3) is 0.533. The molecule has 0 saturated heterocycles. The standard InChI is InChI=1S/C15H22INO3/c1-4-5-8-11-15(19-3,20-14(18)17-2)12-9-6-7-10-13(12)16/h6-7,9-10H,4-5,8,11H2,1-3H3,(H,17,18)/t15-/m0/s1. The average Bonchev–Trinajstić information content (AvgIpc) is 2.46. The Morgan fingerprint density at radius 1 is 1.35 bits per heavy atom. The summed E-state index contributed by atoms with van der Waals surface area (Å²) < 4.78 is 12.2. The number of carbonyl (C=O) groups is 1. The van der Waals surface area contributed by atoms with E-state index >= 15 is 0 Å². The smallest absolute Gasteiger partial charge is 0.409 e. The number of hydrogen-bond donors (Lipinski definition) is 1. The molecule has 0 aliphatic carbocycles. The third-order valence-corrected chi connectivity index (χ3v) is 4.13. The van der Waals surface area contributed by atoms with Crippen LogP contribution in [0.5, 0.6) is 0 Å². The number of unbranched alkanes of at least 4 members (excludes halogenated alkanes) is 2. The Kier molecular flexibility index (Phi) is 7.29. The maximum Gasteiger partial charge on any atom is 0.409 e. The fourth-order valence-corrected chi connectivity index (χ4v) is 2.87. The van der Waals surface area contributed by atoms with Gasteiger partial charge in [0.25, 0.3) is 0 Å². The SMILES string of the molecule is CCCCC[C@](OC)(OC(=O)NC)c1ccccc1I. The number of amides is 1. The van der Waals surface area contributed by atoms with Crippen LogP contribution in [0.25, 0.3) is 0 Å². The molecule has 1 aromatic rings. The van der Waals surface area contributed by atoms with E-state index in [4.69, 9.17) is 9.47 Å². The number of hydrogen-bond acceptors (Lipinski definition) is 3. The Morgan fingerprint density at radius 3 is 2.60 bits per heavy atom. The van der Waals surface area contributed by atoms with E-state index in [9.17, 15) is 4.79 Å². The molecule has 1 atom stereocenters. The van der Waals surface area contributed by atoms with Crippen LogP contribution in [-0.2, 0) is 15.3 Å². The van der Waals surface area contributed by atoms with E-state index in [1.165, 1.54) is 0 Å². The van der Waals surface area contributed by atoms with E-state index in [1.54, 1.807) is 14.2 Å². The Labute approximate surface area is 134 Å². The molecule has 4 nitrogen and oxygen atoms in total. The third kappa shape index (κ3) is 4.34. The van der Waals surface area contributed by atoms with E-state index in [0.29, 0.717) is 6.42 Å². The highest BCUT2D eigenvalue weighted by atomic mass is 127. The molecule has 20 heavy (non-hydrogen) atoms. The van der Waals surface area contributed by atoms with Crippen molar-refractivity contribution in [2.75, 3.05) is 14.2 Å². The molecule has 1 amide bonds. The second kappa shape index (κ2) is 8.46. The molecule has 0 aromatic heterocycles. The van der Waals surface area contributed by atoms with Crippen LogP contribution in [0.3, 0.4) is 0 Å². The molecule has 0 spiro atoms. The normalized spacial score (nSPS) is 13.6. The van der Waals surface area contributed by atoms with Crippen LogP contribution in [-0.4, -0.2) is 20.3 Å². The van der Waals surface area contributed by atoms with Crippen molar-refractivity contribution in [3.63, 3.8) is 0 Å². The largest absolute Gasteiger partial charge is 0.412 e. The number of alkyl carbamates (subject to hydrolysis) is 1. The van der Waals surface area contributed by atoms with Crippen molar-refractivity contribution < 1.29 is 14.3 Å². The molecule has 0 saturated carbocycles. The van der Waals surface area contributed by atoms with Crippen molar-refractivity contribution in [3.8, 4) is 0 Å². The van der Waals surface area contributed by atoms with Crippen molar-refractivity contribution in [1.29, 1.82) is 0 Å². The topological polar surface area (TPSA) is 47.6 Å². The van der Waals surface area contributed by atoms with E-state index in [-0.39, 0.29) is 0 Å². The lowest BCUT2D eigenvalue weighted by Gasteiger charge is -2.33. The maximum atomic E-state index is 11.7. The maximum absolute atomic E-state index is 11.7. The van der Waals surface area contributed by atoms with Gasteiger partial charge in [-0.05, 0) is 35.1 Å². The van der Waals surface area contributed by atoms with Gasteiger partial charge in [-0.1, -0.05) is 38.0 Å². The zero-order valence-corrected chi connectivity index (χ0v) is 14.4. The first-order chi connectivity index (χ1) is 9.59. The van der Waals surface area contributed by atoms with Crippen LogP contribution < -0.4 is 5.32 Å². The number of nitrogens with one attached hydrogen (secondary N) is 1. The van der Waals surface area contributed by atoms with Crippen molar-refractivity contribution in [2.45, 2.75) is 38.4 Å². The summed E-state index contributed by atoms with van der Waals surface area (Å²) in [5.41, 5.74) is 0.891. The molecule has 0 unspecified atom stereocenters. The zero-order chi connectivity index (χ0) is 15.0. The van der Waals surface area contributed by atoms with Gasteiger partial charge >= 0.3 is 6.09 Å². The van der Waals surface area contributed by atoms with E-state index < -0.39 is 11.9 Å². The van der Waals surface area contributed by atoms with E-state index in [2.05, 4.69) is 34.8 Å². The van der Waals surface area contributed by atoms with Crippen molar-refractivity contribution >= 4 is 28.7 Å². The van der Waals surface area contributed by atoms with Crippen LogP contribution in [0, 0.1) is 3.57 Å². The first-order valence-electron chi connectivity index (χ1n) is 6.80. The first kappa shape index (κ1) is 17.2. The number of rotatable bonds is 7. The molecule has 0 heterocycles. The minimum atomic E-state index is -1.02. The molecule has 0 aliphatic heterocycles. The third-order valence-electron chi connectivity index (χ3n) is 3.19. The number of carbonyl (C=O) groups excluding carboxylic acids is 1. The summed E-state index contributed by atoms with van der Waals surface area (Å²) in [4.78, 5) is 11.7. The van der Waals surface area contributed by atoms with Gasteiger partial charge in [0.15, 0.2) is 0 Å². The first-order valence-corrected chi connectivity index (χ1v) is 7.88. The summed E-state index contributed by atoms with van der Waals surface area (Å²) in [6.07, 6.45) is 3.27. The van der Waals surface area contributed by atoms with Crippen LogP contribution in [0.1, 0.15) is 38.2 Å². The summed E-state index contributed by atoms with van der Waals surface area (Å²) in [5.74, 6) is -1.02. The van der Waals surface area contributed by atoms with Gasteiger partial charge in [-0.2, -0.15) is 0 Å². The van der Waals surface area contributed by atoms with Gasteiger partial charge in [0, 0.05) is 29.7 Å². The summed E-state index contributed by atoms with van der Waals surface area (Å²) in [6, 6.07) is 7.81. The van der Waals surface area contributed by atoms with Gasteiger partial charge in [-0.15, -0.1) is 0 Å². The predicted molar refractivity (Wildman–Crippen MR) is 87.5 cm³/mol. The highest BCUT2D eigenvalue weighted by Crippen LogP contribution is 2.35. The predicted octanol–water partition coefficient (Wildman–Crippen LogP) is 4.03. The Hall–Kier alpha value is -0.820.